The SMILES string of the molecule is CCCNC(=O)[C@@H](CC)N(Cc1ccc(Cl)c(Cl)c1)C(=O)CN(c1ccccc1OCC)S(=O)(=O)c1ccc(C)cc1. The van der Waals surface area contributed by atoms with Crippen molar-refractivity contribution in [1.82, 2.24) is 10.2 Å². The summed E-state index contributed by atoms with van der Waals surface area (Å²) in [6.45, 7) is 7.57. The lowest BCUT2D eigenvalue weighted by Gasteiger charge is -2.33. The third kappa shape index (κ3) is 8.18. The fourth-order valence-corrected chi connectivity index (χ4v) is 6.16. The van der Waals surface area contributed by atoms with E-state index in [0.29, 0.717) is 40.9 Å². The van der Waals surface area contributed by atoms with Crippen molar-refractivity contribution >= 4 is 50.7 Å². The summed E-state index contributed by atoms with van der Waals surface area (Å²) >= 11 is 12.4. The topological polar surface area (TPSA) is 96.0 Å². The first kappa shape index (κ1) is 33.2. The van der Waals surface area contributed by atoms with E-state index in [1.54, 1.807) is 68.4 Å². The molecule has 11 heteroatoms. The number of carbonyl (C=O) groups excluding carboxylic acids is 2. The molecule has 1 atom stereocenters. The van der Waals surface area contributed by atoms with E-state index in [4.69, 9.17) is 27.9 Å². The van der Waals surface area contributed by atoms with Gasteiger partial charge in [0.05, 0.1) is 27.2 Å². The molecule has 0 aromatic heterocycles. The van der Waals surface area contributed by atoms with Crippen molar-refractivity contribution < 1.29 is 22.7 Å². The molecule has 0 saturated carbocycles. The van der Waals surface area contributed by atoms with Crippen LogP contribution in [0, 0.1) is 6.92 Å². The third-order valence-electron chi connectivity index (χ3n) is 6.59. The first-order valence-corrected chi connectivity index (χ1v) is 16.0. The summed E-state index contributed by atoms with van der Waals surface area (Å²) in [4.78, 5) is 28.9. The molecule has 0 spiro atoms. The van der Waals surface area contributed by atoms with Crippen molar-refractivity contribution in [3.8, 4) is 5.75 Å². The van der Waals surface area contributed by atoms with Crippen LogP contribution in [0.2, 0.25) is 10.0 Å². The summed E-state index contributed by atoms with van der Waals surface area (Å²) in [6.07, 6.45) is 1.03. The molecule has 3 rings (SSSR count). The molecular weight excluding hydrogens is 597 g/mol. The highest BCUT2D eigenvalue weighted by molar-refractivity contribution is 7.92. The standard InChI is InChI=1S/C31H37Cl2N3O5S/c1-5-18-34-31(38)27(6-2)35(20-23-14-17-25(32)26(33)19-23)30(37)21-36(28-10-8-9-11-29(28)41-7-3)42(39,40)24-15-12-22(4)13-16-24/h8-17,19,27H,5-7,18,20-21H2,1-4H3,(H,34,38)/t27-/m1/s1. The number of nitrogens with zero attached hydrogens (tertiary/aromatic N) is 2. The molecule has 0 aliphatic rings. The number of hydrogen-bond donors (Lipinski definition) is 1. The maximum absolute atomic E-state index is 14.2. The average molecular weight is 635 g/mol. The highest BCUT2D eigenvalue weighted by Gasteiger charge is 2.34. The Bertz CT molecular complexity index is 1480. The number of para-hydroxylation sites is 2. The van der Waals surface area contributed by atoms with Crippen LogP contribution in [0.5, 0.6) is 5.75 Å². The molecule has 0 aliphatic heterocycles. The Morgan fingerprint density at radius 1 is 0.952 bits per heavy atom. The molecule has 8 nitrogen and oxygen atoms in total. The summed E-state index contributed by atoms with van der Waals surface area (Å²) < 4.78 is 35.0. The minimum Gasteiger partial charge on any atom is -0.492 e. The fourth-order valence-electron chi connectivity index (χ4n) is 4.41. The van der Waals surface area contributed by atoms with E-state index in [-0.39, 0.29) is 23.0 Å². The molecule has 0 heterocycles. The van der Waals surface area contributed by atoms with Crippen LogP contribution in [0.4, 0.5) is 5.69 Å². The summed E-state index contributed by atoms with van der Waals surface area (Å²) in [5.41, 5.74) is 1.75. The Kier molecular flexibility index (Phi) is 12.1. The zero-order valence-corrected chi connectivity index (χ0v) is 26.6. The monoisotopic (exact) mass is 633 g/mol. The molecule has 0 radical (unpaired) electrons. The van der Waals surface area contributed by atoms with E-state index in [2.05, 4.69) is 5.32 Å². The van der Waals surface area contributed by atoms with Crippen molar-refractivity contribution in [3.63, 3.8) is 0 Å². The number of rotatable bonds is 14. The van der Waals surface area contributed by atoms with Crippen molar-refractivity contribution in [2.24, 2.45) is 0 Å². The Hall–Kier alpha value is -3.27. The van der Waals surface area contributed by atoms with Gasteiger partial charge in [-0.05, 0) is 68.7 Å². The molecule has 2 amide bonds. The normalized spacial score (nSPS) is 12.0. The Morgan fingerprint density at radius 2 is 1.64 bits per heavy atom. The number of sulfonamides is 1. The van der Waals surface area contributed by atoms with Gasteiger partial charge < -0.3 is 15.0 Å². The predicted molar refractivity (Wildman–Crippen MR) is 168 cm³/mol. The zero-order valence-electron chi connectivity index (χ0n) is 24.3. The summed E-state index contributed by atoms with van der Waals surface area (Å²) in [6, 6.07) is 17.2. The number of amides is 2. The first-order chi connectivity index (χ1) is 20.0. The van der Waals surface area contributed by atoms with Gasteiger partial charge >= 0.3 is 0 Å². The number of halogens is 2. The molecular formula is C31H37Cl2N3O5S. The second-order valence-electron chi connectivity index (χ2n) is 9.71. The quantitative estimate of drug-likeness (QED) is 0.227. The van der Waals surface area contributed by atoms with Crippen LogP contribution in [0.15, 0.2) is 71.6 Å². The fraction of sp³-hybridized carbons (Fsp3) is 0.355. The molecule has 0 saturated heterocycles. The van der Waals surface area contributed by atoms with Crippen molar-refractivity contribution in [1.29, 1.82) is 0 Å². The number of anilines is 1. The van der Waals surface area contributed by atoms with Crippen molar-refractivity contribution in [2.75, 3.05) is 24.0 Å². The smallest absolute Gasteiger partial charge is 0.264 e. The number of carbonyl (C=O) groups is 2. The van der Waals surface area contributed by atoms with Crippen LogP contribution in [0.25, 0.3) is 0 Å². The lowest BCUT2D eigenvalue weighted by Crippen LogP contribution is -2.52. The van der Waals surface area contributed by atoms with E-state index in [9.17, 15) is 18.0 Å². The second-order valence-corrected chi connectivity index (χ2v) is 12.4. The number of ether oxygens (including phenoxy) is 1. The van der Waals surface area contributed by atoms with Crippen LogP contribution in [0.1, 0.15) is 44.7 Å². The molecule has 0 aliphatic carbocycles. The minimum absolute atomic E-state index is 0.0132. The van der Waals surface area contributed by atoms with E-state index < -0.39 is 28.5 Å². The van der Waals surface area contributed by atoms with Gasteiger partial charge in [0.1, 0.15) is 18.3 Å². The van der Waals surface area contributed by atoms with E-state index in [0.717, 1.165) is 16.3 Å². The lowest BCUT2D eigenvalue weighted by molar-refractivity contribution is -0.140. The average Bonchev–Trinajstić information content (AvgIpc) is 2.97. The Morgan fingerprint density at radius 3 is 2.26 bits per heavy atom. The number of aryl methyl sites for hydroxylation is 1. The van der Waals surface area contributed by atoms with Gasteiger partial charge in [-0.1, -0.05) is 72.9 Å². The third-order valence-corrected chi connectivity index (χ3v) is 9.11. The number of hydrogen-bond acceptors (Lipinski definition) is 5. The molecule has 226 valence electrons. The predicted octanol–water partition coefficient (Wildman–Crippen LogP) is 6.23. The molecule has 0 unspecified atom stereocenters. The van der Waals surface area contributed by atoms with Crippen LogP contribution >= 0.6 is 23.2 Å². The van der Waals surface area contributed by atoms with Gasteiger partial charge in [0.15, 0.2) is 0 Å². The molecule has 0 bridgehead atoms. The van der Waals surface area contributed by atoms with Gasteiger partial charge in [0.2, 0.25) is 11.8 Å². The number of benzene rings is 3. The van der Waals surface area contributed by atoms with Gasteiger partial charge in [-0.2, -0.15) is 0 Å². The maximum Gasteiger partial charge on any atom is 0.264 e. The van der Waals surface area contributed by atoms with E-state index in [1.807, 2.05) is 13.8 Å². The molecule has 42 heavy (non-hydrogen) atoms. The van der Waals surface area contributed by atoms with Gasteiger partial charge in [0.25, 0.3) is 10.0 Å². The Labute approximate surface area is 258 Å². The van der Waals surface area contributed by atoms with Crippen LogP contribution in [-0.2, 0) is 26.2 Å². The molecule has 3 aromatic rings. The molecule has 0 fully saturated rings. The first-order valence-electron chi connectivity index (χ1n) is 13.9. The van der Waals surface area contributed by atoms with Gasteiger partial charge in [-0.3, -0.25) is 13.9 Å². The minimum atomic E-state index is -4.23. The van der Waals surface area contributed by atoms with Crippen LogP contribution < -0.4 is 14.4 Å². The van der Waals surface area contributed by atoms with Gasteiger partial charge in [0, 0.05) is 13.1 Å². The number of nitrogens with one attached hydrogen (secondary N) is 1. The highest BCUT2D eigenvalue weighted by Crippen LogP contribution is 2.33. The zero-order chi connectivity index (χ0) is 30.9. The highest BCUT2D eigenvalue weighted by atomic mass is 35.5. The van der Waals surface area contributed by atoms with E-state index in [1.165, 1.54) is 17.0 Å². The summed E-state index contributed by atoms with van der Waals surface area (Å²) in [5, 5.41) is 3.53. The van der Waals surface area contributed by atoms with Crippen LogP contribution in [0.3, 0.4) is 0 Å². The molecule has 3 aromatic carbocycles. The summed E-state index contributed by atoms with van der Waals surface area (Å²) in [5.74, 6) is -0.579. The van der Waals surface area contributed by atoms with Gasteiger partial charge in [-0.15, -0.1) is 0 Å². The second kappa shape index (κ2) is 15.3. The van der Waals surface area contributed by atoms with E-state index >= 15 is 0 Å². The Balaban J connectivity index is 2.11. The van der Waals surface area contributed by atoms with Crippen molar-refractivity contribution in [2.45, 2.75) is 58.0 Å². The lowest BCUT2D eigenvalue weighted by atomic mass is 10.1. The maximum atomic E-state index is 14.2. The summed E-state index contributed by atoms with van der Waals surface area (Å²) in [7, 11) is -4.23. The molecule has 1 N–H and O–H groups in total. The van der Waals surface area contributed by atoms with Crippen LogP contribution in [-0.4, -0.2) is 50.9 Å². The van der Waals surface area contributed by atoms with Crippen molar-refractivity contribution in [3.05, 3.63) is 87.9 Å². The van der Waals surface area contributed by atoms with Gasteiger partial charge in [-0.25, -0.2) is 8.42 Å². The largest absolute Gasteiger partial charge is 0.492 e.